The molecule has 0 aliphatic rings. The highest BCUT2D eigenvalue weighted by Crippen LogP contribution is 2.27. The van der Waals surface area contributed by atoms with Gasteiger partial charge < -0.3 is 5.73 Å². The van der Waals surface area contributed by atoms with E-state index >= 15 is 0 Å². The maximum absolute atomic E-state index is 12.0. The van der Waals surface area contributed by atoms with Gasteiger partial charge in [0.1, 0.15) is 11.7 Å². The zero-order valence-corrected chi connectivity index (χ0v) is 7.10. The zero-order valence-electron chi connectivity index (χ0n) is 7.10. The molecule has 1 atom stereocenters. The van der Waals surface area contributed by atoms with Crippen molar-refractivity contribution in [2.45, 2.75) is 19.1 Å². The minimum Gasteiger partial charge on any atom is -0.352 e. The largest absolute Gasteiger partial charge is 0.433 e. The third-order valence-corrected chi connectivity index (χ3v) is 1.65. The lowest BCUT2D eigenvalue weighted by atomic mass is 10.1. The first kappa shape index (κ1) is 9.98. The number of halogens is 3. The standard InChI is InChI=1S/C8H9F3N2/c1-5(12)6-2-3-7(13-4-6)8(9,10)11/h2-5H,12H2,1H3/p+1/t5-/m1/s1. The Morgan fingerprint density at radius 2 is 2.00 bits per heavy atom. The van der Waals surface area contributed by atoms with Crippen molar-refractivity contribution >= 4 is 0 Å². The molecule has 72 valence electrons. The second-order valence-electron chi connectivity index (χ2n) is 2.88. The molecule has 1 heterocycles. The Hall–Kier alpha value is -1.10. The minimum absolute atomic E-state index is 0.0465. The molecular weight excluding hydrogens is 181 g/mol. The van der Waals surface area contributed by atoms with Crippen LogP contribution in [0.3, 0.4) is 0 Å². The highest BCUT2D eigenvalue weighted by Gasteiger charge is 2.32. The Kier molecular flexibility index (Phi) is 2.56. The smallest absolute Gasteiger partial charge is 0.352 e. The molecule has 0 bridgehead atoms. The van der Waals surface area contributed by atoms with Crippen molar-refractivity contribution in [1.29, 1.82) is 0 Å². The fourth-order valence-electron chi connectivity index (χ4n) is 0.864. The topological polar surface area (TPSA) is 40.5 Å². The number of nitrogens with zero attached hydrogens (tertiary/aromatic N) is 1. The van der Waals surface area contributed by atoms with Crippen molar-refractivity contribution in [1.82, 2.24) is 4.98 Å². The molecule has 0 aromatic carbocycles. The molecule has 13 heavy (non-hydrogen) atoms. The molecule has 0 aliphatic heterocycles. The van der Waals surface area contributed by atoms with Gasteiger partial charge in [0.05, 0.1) is 0 Å². The van der Waals surface area contributed by atoms with Crippen LogP contribution < -0.4 is 5.73 Å². The van der Waals surface area contributed by atoms with E-state index in [2.05, 4.69) is 10.7 Å². The van der Waals surface area contributed by atoms with Gasteiger partial charge in [-0.1, -0.05) is 0 Å². The van der Waals surface area contributed by atoms with Crippen molar-refractivity contribution in [2.75, 3.05) is 0 Å². The second-order valence-corrected chi connectivity index (χ2v) is 2.88. The maximum Gasteiger partial charge on any atom is 0.433 e. The van der Waals surface area contributed by atoms with Gasteiger partial charge in [-0.15, -0.1) is 0 Å². The number of pyridine rings is 1. The van der Waals surface area contributed by atoms with Gasteiger partial charge in [-0.25, -0.2) is 0 Å². The molecule has 0 aliphatic carbocycles. The third kappa shape index (κ3) is 2.42. The fourth-order valence-corrected chi connectivity index (χ4v) is 0.864. The molecule has 3 N–H and O–H groups in total. The minimum atomic E-state index is -4.36. The predicted molar refractivity (Wildman–Crippen MR) is 40.5 cm³/mol. The van der Waals surface area contributed by atoms with Gasteiger partial charge in [0, 0.05) is 11.8 Å². The van der Waals surface area contributed by atoms with Crippen molar-refractivity contribution in [3.63, 3.8) is 0 Å². The van der Waals surface area contributed by atoms with Gasteiger partial charge in [0.15, 0.2) is 0 Å². The average molecular weight is 191 g/mol. The van der Waals surface area contributed by atoms with E-state index in [9.17, 15) is 13.2 Å². The quantitative estimate of drug-likeness (QED) is 0.716. The van der Waals surface area contributed by atoms with Gasteiger partial charge in [0.2, 0.25) is 0 Å². The summed E-state index contributed by atoms with van der Waals surface area (Å²) in [5.41, 5.74) is 3.52. The predicted octanol–water partition coefficient (Wildman–Crippen LogP) is 1.40. The van der Waals surface area contributed by atoms with E-state index in [1.165, 1.54) is 12.3 Å². The zero-order chi connectivity index (χ0) is 10.1. The third-order valence-electron chi connectivity index (χ3n) is 1.65. The molecule has 0 spiro atoms. The van der Waals surface area contributed by atoms with Crippen LogP contribution in [0, 0.1) is 0 Å². The summed E-state index contributed by atoms with van der Waals surface area (Å²) in [6.45, 7) is 1.80. The van der Waals surface area contributed by atoms with Crippen LogP contribution in [0.25, 0.3) is 0 Å². The van der Waals surface area contributed by atoms with E-state index < -0.39 is 11.9 Å². The van der Waals surface area contributed by atoms with E-state index in [-0.39, 0.29) is 6.04 Å². The van der Waals surface area contributed by atoms with Crippen LogP contribution in [-0.4, -0.2) is 4.98 Å². The molecule has 1 aromatic rings. The van der Waals surface area contributed by atoms with Crippen LogP contribution >= 0.6 is 0 Å². The van der Waals surface area contributed by atoms with Crippen LogP contribution in [0.15, 0.2) is 18.3 Å². The summed E-state index contributed by atoms with van der Waals surface area (Å²) in [7, 11) is 0. The van der Waals surface area contributed by atoms with Crippen LogP contribution in [0.4, 0.5) is 13.2 Å². The summed E-state index contributed by atoms with van der Waals surface area (Å²) >= 11 is 0. The van der Waals surface area contributed by atoms with Gasteiger partial charge >= 0.3 is 6.18 Å². The number of aromatic nitrogens is 1. The van der Waals surface area contributed by atoms with E-state index in [0.29, 0.717) is 5.56 Å². The van der Waals surface area contributed by atoms with Crippen molar-refractivity contribution in [3.05, 3.63) is 29.6 Å². The van der Waals surface area contributed by atoms with Crippen LogP contribution in [-0.2, 0) is 6.18 Å². The second kappa shape index (κ2) is 3.33. The van der Waals surface area contributed by atoms with Gasteiger partial charge in [-0.3, -0.25) is 4.98 Å². The number of quaternary nitrogens is 1. The highest BCUT2D eigenvalue weighted by atomic mass is 19.4. The SMILES string of the molecule is C[C@@H]([NH3+])c1ccc(C(F)(F)F)nc1. The Bertz CT molecular complexity index is 276. The van der Waals surface area contributed by atoms with E-state index in [0.717, 1.165) is 6.07 Å². The Balaban J connectivity index is 2.94. The van der Waals surface area contributed by atoms with Crippen LogP contribution in [0.5, 0.6) is 0 Å². The Morgan fingerprint density at radius 3 is 2.31 bits per heavy atom. The first-order chi connectivity index (χ1) is 5.91. The fraction of sp³-hybridized carbons (Fsp3) is 0.375. The van der Waals surface area contributed by atoms with Gasteiger partial charge in [-0.05, 0) is 19.1 Å². The monoisotopic (exact) mass is 191 g/mol. The molecule has 0 saturated heterocycles. The lowest BCUT2D eigenvalue weighted by Gasteiger charge is -2.06. The molecular formula is C8H10F3N2+. The van der Waals surface area contributed by atoms with Crippen molar-refractivity contribution < 1.29 is 18.9 Å². The molecule has 1 aromatic heterocycles. The molecule has 0 radical (unpaired) electrons. The number of hydrogen-bond donors (Lipinski definition) is 1. The van der Waals surface area contributed by atoms with Gasteiger partial charge in [0.25, 0.3) is 0 Å². The lowest BCUT2D eigenvalue weighted by Crippen LogP contribution is -2.51. The summed E-state index contributed by atoms with van der Waals surface area (Å²) in [4.78, 5) is 3.31. The summed E-state index contributed by atoms with van der Waals surface area (Å²) in [6, 6.07) is 2.32. The molecule has 0 fully saturated rings. The number of hydrogen-bond acceptors (Lipinski definition) is 1. The molecule has 0 unspecified atom stereocenters. The molecule has 1 rings (SSSR count). The lowest BCUT2D eigenvalue weighted by molar-refractivity contribution is -0.420. The van der Waals surface area contributed by atoms with Crippen molar-refractivity contribution in [2.24, 2.45) is 0 Å². The van der Waals surface area contributed by atoms with Crippen LogP contribution in [0.2, 0.25) is 0 Å². The number of alkyl halides is 3. The van der Waals surface area contributed by atoms with E-state index in [1.54, 1.807) is 6.92 Å². The molecule has 0 saturated carbocycles. The van der Waals surface area contributed by atoms with Crippen molar-refractivity contribution in [3.8, 4) is 0 Å². The average Bonchev–Trinajstić information content (AvgIpc) is 2.03. The summed E-state index contributed by atoms with van der Waals surface area (Å²) in [5.74, 6) is 0. The van der Waals surface area contributed by atoms with E-state index in [4.69, 9.17) is 0 Å². The maximum atomic E-state index is 12.0. The molecule has 5 heteroatoms. The normalized spacial score (nSPS) is 14.2. The Morgan fingerprint density at radius 1 is 1.38 bits per heavy atom. The first-order valence-electron chi connectivity index (χ1n) is 3.77. The molecule has 2 nitrogen and oxygen atoms in total. The Labute approximate surface area is 73.6 Å². The van der Waals surface area contributed by atoms with E-state index in [1.807, 2.05) is 0 Å². The number of rotatable bonds is 1. The molecule has 0 amide bonds. The summed E-state index contributed by atoms with van der Waals surface area (Å²) in [5, 5.41) is 0. The first-order valence-corrected chi connectivity index (χ1v) is 3.77. The summed E-state index contributed by atoms with van der Waals surface area (Å²) < 4.78 is 36.1. The van der Waals surface area contributed by atoms with Gasteiger partial charge in [-0.2, -0.15) is 13.2 Å². The summed E-state index contributed by atoms with van der Waals surface area (Å²) in [6.07, 6.45) is -3.15. The van der Waals surface area contributed by atoms with Crippen LogP contribution in [0.1, 0.15) is 24.2 Å². The highest BCUT2D eigenvalue weighted by molar-refractivity contribution is 5.17.